The SMILES string of the molecule is CCOc1ccc(-c2c(C)sc(NC(=O)c3ccc(OC)cc3)c2C(=O)OC)cc1. The minimum Gasteiger partial charge on any atom is -0.497 e. The molecule has 0 aliphatic rings. The third kappa shape index (κ3) is 4.46. The molecule has 30 heavy (non-hydrogen) atoms. The molecule has 0 unspecified atom stereocenters. The van der Waals surface area contributed by atoms with E-state index in [-0.39, 0.29) is 5.91 Å². The van der Waals surface area contributed by atoms with E-state index in [1.165, 1.54) is 18.4 Å². The molecule has 1 heterocycles. The van der Waals surface area contributed by atoms with E-state index in [0.29, 0.717) is 28.5 Å². The number of benzene rings is 2. The number of aryl methyl sites for hydroxylation is 1. The summed E-state index contributed by atoms with van der Waals surface area (Å²) in [5.41, 5.74) is 2.38. The summed E-state index contributed by atoms with van der Waals surface area (Å²) in [4.78, 5) is 26.2. The monoisotopic (exact) mass is 425 g/mol. The van der Waals surface area contributed by atoms with Crippen molar-refractivity contribution < 1.29 is 23.8 Å². The highest BCUT2D eigenvalue weighted by Crippen LogP contribution is 2.41. The fraction of sp³-hybridized carbons (Fsp3) is 0.217. The Bertz CT molecular complexity index is 1040. The van der Waals surface area contributed by atoms with Gasteiger partial charge in [0.2, 0.25) is 0 Å². The number of amides is 1. The number of ether oxygens (including phenoxy) is 3. The molecule has 1 N–H and O–H groups in total. The number of thiophene rings is 1. The second-order valence-electron chi connectivity index (χ2n) is 6.37. The van der Waals surface area contributed by atoms with Crippen molar-refractivity contribution in [2.24, 2.45) is 0 Å². The van der Waals surface area contributed by atoms with Crippen LogP contribution in [0.25, 0.3) is 11.1 Å². The lowest BCUT2D eigenvalue weighted by Crippen LogP contribution is -2.14. The first-order valence-electron chi connectivity index (χ1n) is 9.38. The quantitative estimate of drug-likeness (QED) is 0.529. The molecule has 0 saturated heterocycles. The Labute approximate surface area is 179 Å². The molecule has 0 bridgehead atoms. The molecule has 0 aliphatic heterocycles. The molecule has 2 aromatic carbocycles. The number of hydrogen-bond donors (Lipinski definition) is 1. The molecule has 0 aliphatic carbocycles. The van der Waals surface area contributed by atoms with E-state index in [1.807, 2.05) is 38.1 Å². The number of hydrogen-bond acceptors (Lipinski definition) is 6. The van der Waals surface area contributed by atoms with Gasteiger partial charge in [-0.2, -0.15) is 0 Å². The minimum absolute atomic E-state index is 0.317. The van der Waals surface area contributed by atoms with Gasteiger partial charge in [-0.25, -0.2) is 4.79 Å². The van der Waals surface area contributed by atoms with Gasteiger partial charge in [-0.15, -0.1) is 11.3 Å². The van der Waals surface area contributed by atoms with Crippen molar-refractivity contribution in [2.75, 3.05) is 26.1 Å². The predicted molar refractivity (Wildman–Crippen MR) is 118 cm³/mol. The summed E-state index contributed by atoms with van der Waals surface area (Å²) in [6, 6.07) is 14.2. The molecular formula is C23H23NO5S. The van der Waals surface area contributed by atoms with Gasteiger partial charge in [0.15, 0.2) is 0 Å². The van der Waals surface area contributed by atoms with Crippen LogP contribution in [0.5, 0.6) is 11.5 Å². The van der Waals surface area contributed by atoms with Gasteiger partial charge in [0.1, 0.15) is 22.1 Å². The molecule has 0 fully saturated rings. The number of methoxy groups -OCH3 is 2. The second-order valence-corrected chi connectivity index (χ2v) is 7.59. The first kappa shape index (κ1) is 21.4. The van der Waals surface area contributed by atoms with Gasteiger partial charge >= 0.3 is 5.97 Å². The van der Waals surface area contributed by atoms with Crippen LogP contribution in [-0.4, -0.2) is 32.7 Å². The Kier molecular flexibility index (Phi) is 6.74. The van der Waals surface area contributed by atoms with Crippen molar-refractivity contribution in [3.63, 3.8) is 0 Å². The van der Waals surface area contributed by atoms with Gasteiger partial charge in [-0.3, -0.25) is 4.79 Å². The molecule has 0 spiro atoms. The van der Waals surface area contributed by atoms with Crippen LogP contribution in [0.2, 0.25) is 0 Å². The van der Waals surface area contributed by atoms with Crippen molar-refractivity contribution in [2.45, 2.75) is 13.8 Å². The summed E-state index contributed by atoms with van der Waals surface area (Å²) in [5, 5.41) is 3.30. The van der Waals surface area contributed by atoms with Crippen LogP contribution in [0.1, 0.15) is 32.5 Å². The van der Waals surface area contributed by atoms with E-state index in [4.69, 9.17) is 14.2 Å². The normalized spacial score (nSPS) is 10.4. The summed E-state index contributed by atoms with van der Waals surface area (Å²) in [7, 11) is 2.89. The third-order valence-electron chi connectivity index (χ3n) is 4.51. The highest BCUT2D eigenvalue weighted by molar-refractivity contribution is 7.17. The van der Waals surface area contributed by atoms with E-state index < -0.39 is 5.97 Å². The summed E-state index contributed by atoms with van der Waals surface area (Å²) >= 11 is 1.34. The van der Waals surface area contributed by atoms with Gasteiger partial charge in [0.05, 0.1) is 20.8 Å². The maximum atomic E-state index is 12.7. The largest absolute Gasteiger partial charge is 0.497 e. The first-order chi connectivity index (χ1) is 14.5. The topological polar surface area (TPSA) is 73.9 Å². The van der Waals surface area contributed by atoms with E-state index in [9.17, 15) is 9.59 Å². The van der Waals surface area contributed by atoms with Gasteiger partial charge in [-0.1, -0.05) is 12.1 Å². The molecule has 0 saturated carbocycles. The Morgan fingerprint density at radius 2 is 1.60 bits per heavy atom. The smallest absolute Gasteiger partial charge is 0.341 e. The number of carbonyl (C=O) groups is 2. The average Bonchev–Trinajstić information content (AvgIpc) is 3.09. The fourth-order valence-electron chi connectivity index (χ4n) is 3.08. The second kappa shape index (κ2) is 9.45. The van der Waals surface area contributed by atoms with Crippen molar-refractivity contribution in [1.82, 2.24) is 0 Å². The van der Waals surface area contributed by atoms with E-state index in [1.54, 1.807) is 31.4 Å². The van der Waals surface area contributed by atoms with Crippen molar-refractivity contribution in [3.8, 4) is 22.6 Å². The number of carbonyl (C=O) groups excluding carboxylic acids is 2. The lowest BCUT2D eigenvalue weighted by atomic mass is 10.0. The number of nitrogens with one attached hydrogen (secondary N) is 1. The third-order valence-corrected chi connectivity index (χ3v) is 5.53. The zero-order valence-corrected chi connectivity index (χ0v) is 18.1. The van der Waals surface area contributed by atoms with Crippen LogP contribution in [0.15, 0.2) is 48.5 Å². The molecule has 156 valence electrons. The lowest BCUT2D eigenvalue weighted by molar-refractivity contribution is 0.0603. The Hall–Kier alpha value is -3.32. The van der Waals surface area contributed by atoms with Crippen LogP contribution < -0.4 is 14.8 Å². The molecule has 6 nitrogen and oxygen atoms in total. The van der Waals surface area contributed by atoms with Crippen LogP contribution >= 0.6 is 11.3 Å². The maximum Gasteiger partial charge on any atom is 0.341 e. The van der Waals surface area contributed by atoms with Crippen LogP contribution in [0.4, 0.5) is 5.00 Å². The number of anilines is 1. The van der Waals surface area contributed by atoms with Crippen LogP contribution in [0.3, 0.4) is 0 Å². The van der Waals surface area contributed by atoms with E-state index >= 15 is 0 Å². The van der Waals surface area contributed by atoms with E-state index in [2.05, 4.69) is 5.32 Å². The summed E-state index contributed by atoms with van der Waals surface area (Å²) in [6.07, 6.45) is 0. The van der Waals surface area contributed by atoms with Crippen molar-refractivity contribution >= 4 is 28.2 Å². The molecular weight excluding hydrogens is 402 g/mol. The highest BCUT2D eigenvalue weighted by atomic mass is 32.1. The van der Waals surface area contributed by atoms with Crippen LogP contribution in [0, 0.1) is 6.92 Å². The Balaban J connectivity index is 1.97. The van der Waals surface area contributed by atoms with Crippen LogP contribution in [-0.2, 0) is 4.74 Å². The Morgan fingerprint density at radius 1 is 0.967 bits per heavy atom. The van der Waals surface area contributed by atoms with Gasteiger partial charge in [-0.05, 0) is 55.8 Å². The molecule has 7 heteroatoms. The maximum absolute atomic E-state index is 12.7. The molecule has 3 rings (SSSR count). The van der Waals surface area contributed by atoms with Gasteiger partial charge in [0, 0.05) is 16.0 Å². The average molecular weight is 426 g/mol. The molecule has 0 radical (unpaired) electrons. The van der Waals surface area contributed by atoms with Crippen molar-refractivity contribution in [3.05, 3.63) is 64.5 Å². The summed E-state index contributed by atoms with van der Waals surface area (Å²) in [5.74, 6) is 0.587. The summed E-state index contributed by atoms with van der Waals surface area (Å²) < 4.78 is 15.6. The van der Waals surface area contributed by atoms with E-state index in [0.717, 1.165) is 21.8 Å². The lowest BCUT2D eigenvalue weighted by Gasteiger charge is -2.09. The Morgan fingerprint density at radius 3 is 2.17 bits per heavy atom. The van der Waals surface area contributed by atoms with Gasteiger partial charge in [0.25, 0.3) is 5.91 Å². The van der Waals surface area contributed by atoms with Gasteiger partial charge < -0.3 is 19.5 Å². The minimum atomic E-state index is -0.506. The zero-order valence-electron chi connectivity index (χ0n) is 17.3. The molecule has 0 atom stereocenters. The first-order valence-corrected chi connectivity index (χ1v) is 10.2. The number of rotatable bonds is 7. The fourth-order valence-corrected chi connectivity index (χ4v) is 4.14. The molecule has 1 aromatic heterocycles. The zero-order chi connectivity index (χ0) is 21.7. The molecule has 1 amide bonds. The predicted octanol–water partition coefficient (Wildman–Crippen LogP) is 5.17. The standard InChI is InChI=1S/C23H23NO5S/c1-5-29-18-12-6-15(7-13-18)19-14(2)30-22(20(19)23(26)28-4)24-21(25)16-8-10-17(27-3)11-9-16/h6-13H,5H2,1-4H3,(H,24,25). The number of esters is 1. The summed E-state index contributed by atoms with van der Waals surface area (Å²) in [6.45, 7) is 4.40. The molecule has 3 aromatic rings. The van der Waals surface area contributed by atoms with Crippen molar-refractivity contribution in [1.29, 1.82) is 0 Å². The highest BCUT2D eigenvalue weighted by Gasteiger charge is 2.25.